The topological polar surface area (TPSA) is 142 Å². The van der Waals surface area contributed by atoms with Gasteiger partial charge >= 0.3 is 6.16 Å². The summed E-state index contributed by atoms with van der Waals surface area (Å²) in [6.45, 7) is 9.07. The molecule has 37 heavy (non-hydrogen) atoms. The molecule has 2 heterocycles. The van der Waals surface area contributed by atoms with E-state index in [0.717, 1.165) is 5.69 Å². The summed E-state index contributed by atoms with van der Waals surface area (Å²) in [5.41, 5.74) is 2.01. The summed E-state index contributed by atoms with van der Waals surface area (Å²) < 4.78 is 42.6. The highest BCUT2D eigenvalue weighted by molar-refractivity contribution is 5.59. The van der Waals surface area contributed by atoms with Gasteiger partial charge in [0.05, 0.1) is 13.2 Å². The van der Waals surface area contributed by atoms with Gasteiger partial charge in [-0.25, -0.2) is 9.18 Å². The normalized spacial score (nSPS) is 23.7. The first-order chi connectivity index (χ1) is 17.6. The largest absolute Gasteiger partial charge is 0.508 e. The van der Waals surface area contributed by atoms with Crippen molar-refractivity contribution in [3.63, 3.8) is 0 Å². The predicted molar refractivity (Wildman–Crippen MR) is 128 cm³/mol. The molecule has 0 saturated carbocycles. The van der Waals surface area contributed by atoms with E-state index < -0.39 is 49.3 Å². The lowest BCUT2D eigenvalue weighted by molar-refractivity contribution is -0.278. The average Bonchev–Trinajstić information content (AvgIpc) is 3.15. The standard InChI is InChI=1S/C25H35FN2O9/c1-6-33-18-9-8-15(11-17(18)26)10-16-14(5)28(13(3)4)27-23(16)37-24-22(31)21(30)20(29)19(36-24)12-35-25(32)34-7-2/h8-9,11,13,19-22,24,29-31H,6-7,10,12H2,1-5H3/t19-,20-,21+,22-,24+/m1/s1. The van der Waals surface area contributed by atoms with Crippen molar-refractivity contribution >= 4 is 6.16 Å². The molecule has 0 unspecified atom stereocenters. The number of hydrogen-bond donors (Lipinski definition) is 3. The zero-order valence-electron chi connectivity index (χ0n) is 21.6. The number of nitrogens with zero attached hydrogens (tertiary/aromatic N) is 2. The Morgan fingerprint density at radius 1 is 1.14 bits per heavy atom. The van der Waals surface area contributed by atoms with Gasteiger partial charge in [0.25, 0.3) is 0 Å². The minimum Gasteiger partial charge on any atom is -0.491 e. The van der Waals surface area contributed by atoms with Crippen LogP contribution in [0.3, 0.4) is 0 Å². The van der Waals surface area contributed by atoms with Gasteiger partial charge in [-0.05, 0) is 52.3 Å². The molecule has 3 rings (SSSR count). The van der Waals surface area contributed by atoms with Crippen LogP contribution in [0.4, 0.5) is 9.18 Å². The van der Waals surface area contributed by atoms with E-state index in [9.17, 15) is 24.5 Å². The van der Waals surface area contributed by atoms with Crippen LogP contribution in [0.15, 0.2) is 18.2 Å². The third-order valence-electron chi connectivity index (χ3n) is 5.93. The summed E-state index contributed by atoms with van der Waals surface area (Å²) in [6, 6.07) is 4.62. The highest BCUT2D eigenvalue weighted by atomic mass is 19.1. The molecular weight excluding hydrogens is 491 g/mol. The predicted octanol–water partition coefficient (Wildman–Crippen LogP) is 2.26. The van der Waals surface area contributed by atoms with E-state index >= 15 is 0 Å². The van der Waals surface area contributed by atoms with Crippen molar-refractivity contribution in [3.8, 4) is 11.6 Å². The zero-order chi connectivity index (χ0) is 27.3. The van der Waals surface area contributed by atoms with Crippen molar-refractivity contribution in [2.75, 3.05) is 19.8 Å². The Balaban J connectivity index is 1.85. The van der Waals surface area contributed by atoms with E-state index in [-0.39, 0.29) is 30.7 Å². The molecule has 1 aromatic carbocycles. The second-order valence-electron chi connectivity index (χ2n) is 8.91. The smallest absolute Gasteiger partial charge is 0.491 e. The number of carbonyl (C=O) groups excluding carboxylic acids is 1. The molecule has 1 aliphatic rings. The monoisotopic (exact) mass is 526 g/mol. The minimum atomic E-state index is -1.65. The number of aromatic nitrogens is 2. The third kappa shape index (κ3) is 6.69. The first-order valence-corrected chi connectivity index (χ1v) is 12.2. The summed E-state index contributed by atoms with van der Waals surface area (Å²) in [5.74, 6) is -0.235. The van der Waals surface area contributed by atoms with E-state index in [4.69, 9.17) is 18.9 Å². The lowest BCUT2D eigenvalue weighted by Crippen LogP contribution is -2.60. The van der Waals surface area contributed by atoms with E-state index in [0.29, 0.717) is 17.7 Å². The van der Waals surface area contributed by atoms with Crippen LogP contribution in [0.25, 0.3) is 0 Å². The number of carbonyl (C=O) groups is 1. The fourth-order valence-electron chi connectivity index (χ4n) is 4.03. The fourth-order valence-corrected chi connectivity index (χ4v) is 4.03. The molecule has 0 bridgehead atoms. The number of aliphatic hydroxyl groups excluding tert-OH is 3. The van der Waals surface area contributed by atoms with Crippen LogP contribution in [0, 0.1) is 12.7 Å². The van der Waals surface area contributed by atoms with Gasteiger partial charge < -0.3 is 39.0 Å². The Hall–Kier alpha value is -2.93. The number of halogens is 1. The van der Waals surface area contributed by atoms with Gasteiger partial charge in [0.2, 0.25) is 12.2 Å². The highest BCUT2D eigenvalue weighted by Gasteiger charge is 2.46. The Bertz CT molecular complexity index is 1060. The van der Waals surface area contributed by atoms with Crippen molar-refractivity contribution in [1.29, 1.82) is 0 Å². The Kier molecular flexibility index (Phi) is 9.71. The Morgan fingerprint density at radius 3 is 2.49 bits per heavy atom. The molecule has 1 saturated heterocycles. The van der Waals surface area contributed by atoms with Gasteiger partial charge in [0.1, 0.15) is 31.0 Å². The molecule has 3 N–H and O–H groups in total. The van der Waals surface area contributed by atoms with Gasteiger partial charge in [-0.15, -0.1) is 5.10 Å². The Morgan fingerprint density at radius 2 is 1.86 bits per heavy atom. The van der Waals surface area contributed by atoms with Crippen molar-refractivity contribution in [2.45, 2.75) is 77.8 Å². The molecule has 0 radical (unpaired) electrons. The van der Waals surface area contributed by atoms with Gasteiger partial charge in [-0.1, -0.05) is 6.07 Å². The lowest BCUT2D eigenvalue weighted by atomic mass is 9.99. The molecule has 1 fully saturated rings. The number of benzene rings is 1. The van der Waals surface area contributed by atoms with Crippen molar-refractivity contribution < 1.29 is 48.2 Å². The SMILES string of the molecule is CCOC(=O)OC[C@H]1O[C@@H](Oc2nn(C(C)C)c(C)c2Cc2ccc(OCC)c(F)c2)[C@H](O)[C@@H](O)[C@@H]1O. The van der Waals surface area contributed by atoms with Gasteiger partial charge in [0, 0.05) is 23.7 Å². The van der Waals surface area contributed by atoms with Gasteiger partial charge in [-0.3, -0.25) is 4.68 Å². The molecule has 5 atom stereocenters. The van der Waals surface area contributed by atoms with Crippen molar-refractivity contribution in [3.05, 3.63) is 40.8 Å². The fraction of sp³-hybridized carbons (Fsp3) is 0.600. The Labute approximate surface area is 214 Å². The van der Waals surface area contributed by atoms with Gasteiger partial charge in [-0.2, -0.15) is 0 Å². The lowest BCUT2D eigenvalue weighted by Gasteiger charge is -2.39. The van der Waals surface area contributed by atoms with E-state index in [1.807, 2.05) is 20.8 Å². The van der Waals surface area contributed by atoms with Crippen LogP contribution in [-0.2, 0) is 20.6 Å². The van der Waals surface area contributed by atoms with Crippen LogP contribution >= 0.6 is 0 Å². The second kappa shape index (κ2) is 12.5. The molecule has 2 aromatic rings. The number of rotatable bonds is 10. The maximum Gasteiger partial charge on any atom is 0.508 e. The van der Waals surface area contributed by atoms with E-state index in [1.165, 1.54) is 6.07 Å². The summed E-state index contributed by atoms with van der Waals surface area (Å²) >= 11 is 0. The highest BCUT2D eigenvalue weighted by Crippen LogP contribution is 2.31. The van der Waals surface area contributed by atoms with Crippen LogP contribution in [0.5, 0.6) is 11.6 Å². The van der Waals surface area contributed by atoms with Crippen LogP contribution in [-0.4, -0.2) is 81.8 Å². The maximum absolute atomic E-state index is 14.5. The van der Waals surface area contributed by atoms with Crippen LogP contribution in [0.1, 0.15) is 50.6 Å². The summed E-state index contributed by atoms with van der Waals surface area (Å²) in [7, 11) is 0. The number of hydrogen-bond acceptors (Lipinski definition) is 10. The molecular formula is C25H35FN2O9. The molecule has 12 heteroatoms. The molecule has 11 nitrogen and oxygen atoms in total. The van der Waals surface area contributed by atoms with Crippen molar-refractivity contribution in [1.82, 2.24) is 9.78 Å². The molecule has 0 aliphatic carbocycles. The maximum atomic E-state index is 14.5. The summed E-state index contributed by atoms with van der Waals surface area (Å²) in [4.78, 5) is 11.5. The molecule has 0 amide bonds. The minimum absolute atomic E-state index is 0.0384. The van der Waals surface area contributed by atoms with Crippen LogP contribution in [0.2, 0.25) is 0 Å². The zero-order valence-corrected chi connectivity index (χ0v) is 21.6. The molecule has 1 aromatic heterocycles. The molecule has 1 aliphatic heterocycles. The summed E-state index contributed by atoms with van der Waals surface area (Å²) in [5, 5.41) is 35.7. The van der Waals surface area contributed by atoms with E-state index in [1.54, 1.807) is 30.7 Å². The van der Waals surface area contributed by atoms with Crippen LogP contribution < -0.4 is 9.47 Å². The quantitative estimate of drug-likeness (QED) is 0.395. The molecule has 0 spiro atoms. The second-order valence-corrected chi connectivity index (χ2v) is 8.91. The average molecular weight is 527 g/mol. The van der Waals surface area contributed by atoms with Gasteiger partial charge in [0.15, 0.2) is 11.6 Å². The number of ether oxygens (including phenoxy) is 5. The van der Waals surface area contributed by atoms with E-state index in [2.05, 4.69) is 9.84 Å². The molecule has 206 valence electrons. The summed E-state index contributed by atoms with van der Waals surface area (Å²) in [6.07, 6.45) is -8.19. The first-order valence-electron chi connectivity index (χ1n) is 12.2. The van der Waals surface area contributed by atoms with Crippen molar-refractivity contribution in [2.24, 2.45) is 0 Å². The third-order valence-corrected chi connectivity index (χ3v) is 5.93. The first kappa shape index (κ1) is 28.6. The number of aliphatic hydroxyl groups is 3.